The van der Waals surface area contributed by atoms with Gasteiger partial charge in [-0.1, -0.05) is 0 Å². The molecule has 1 heterocycles. The van der Waals surface area contributed by atoms with Gasteiger partial charge in [-0.2, -0.15) is 0 Å². The molecule has 1 saturated heterocycles. The SMILES string of the molecule is O=C(CCC1CCCNC1)Nc1ccc([N+](=O)[O-])cc1F. The van der Waals surface area contributed by atoms with Gasteiger partial charge in [0.2, 0.25) is 5.91 Å². The molecule has 0 radical (unpaired) electrons. The summed E-state index contributed by atoms with van der Waals surface area (Å²) in [5.41, 5.74) is -0.355. The molecule has 1 aliphatic heterocycles. The van der Waals surface area contributed by atoms with Crippen molar-refractivity contribution in [2.24, 2.45) is 5.92 Å². The second kappa shape index (κ2) is 7.12. The molecule has 1 atom stereocenters. The lowest BCUT2D eigenvalue weighted by atomic mass is 9.94. The summed E-state index contributed by atoms with van der Waals surface area (Å²) in [5, 5.41) is 16.2. The van der Waals surface area contributed by atoms with Crippen molar-refractivity contribution in [3.05, 3.63) is 34.1 Å². The first-order valence-corrected chi connectivity index (χ1v) is 7.01. The molecule has 0 saturated carbocycles. The predicted molar refractivity (Wildman–Crippen MR) is 76.5 cm³/mol. The van der Waals surface area contributed by atoms with Gasteiger partial charge in [0.05, 0.1) is 16.7 Å². The Morgan fingerprint density at radius 1 is 1.52 bits per heavy atom. The third-order valence-electron chi connectivity index (χ3n) is 3.62. The number of non-ortho nitro benzene ring substituents is 1. The first-order chi connectivity index (χ1) is 10.1. The minimum atomic E-state index is -0.795. The lowest BCUT2D eigenvalue weighted by Crippen LogP contribution is -2.30. The van der Waals surface area contributed by atoms with Crippen molar-refractivity contribution in [1.29, 1.82) is 0 Å². The Hall–Kier alpha value is -2.02. The zero-order valence-corrected chi connectivity index (χ0v) is 11.6. The summed E-state index contributed by atoms with van der Waals surface area (Å²) in [6, 6.07) is 3.19. The van der Waals surface area contributed by atoms with Crippen LogP contribution in [0.4, 0.5) is 15.8 Å². The van der Waals surface area contributed by atoms with Gasteiger partial charge in [-0.05, 0) is 44.3 Å². The van der Waals surface area contributed by atoms with Gasteiger partial charge in [0.1, 0.15) is 0 Å². The highest BCUT2D eigenvalue weighted by atomic mass is 19.1. The minimum absolute atomic E-state index is 0.0210. The Labute approximate surface area is 121 Å². The first kappa shape index (κ1) is 15.4. The summed E-state index contributed by atoms with van der Waals surface area (Å²) < 4.78 is 13.6. The number of hydrogen-bond donors (Lipinski definition) is 2. The number of nitrogens with one attached hydrogen (secondary N) is 2. The maximum atomic E-state index is 13.6. The van der Waals surface area contributed by atoms with Crippen molar-refractivity contribution in [2.75, 3.05) is 18.4 Å². The van der Waals surface area contributed by atoms with Gasteiger partial charge in [-0.15, -0.1) is 0 Å². The topological polar surface area (TPSA) is 84.3 Å². The molecule has 2 N–H and O–H groups in total. The van der Waals surface area contributed by atoms with E-state index >= 15 is 0 Å². The van der Waals surface area contributed by atoms with E-state index in [4.69, 9.17) is 0 Å². The number of benzene rings is 1. The van der Waals surface area contributed by atoms with Gasteiger partial charge in [-0.25, -0.2) is 4.39 Å². The third-order valence-corrected chi connectivity index (χ3v) is 3.62. The van der Waals surface area contributed by atoms with Crippen LogP contribution < -0.4 is 10.6 Å². The Morgan fingerprint density at radius 2 is 2.33 bits per heavy atom. The second-order valence-electron chi connectivity index (χ2n) is 5.22. The largest absolute Gasteiger partial charge is 0.324 e. The monoisotopic (exact) mass is 295 g/mol. The summed E-state index contributed by atoms with van der Waals surface area (Å²) in [4.78, 5) is 21.6. The molecular formula is C14H18FN3O3. The van der Waals surface area contributed by atoms with Crippen LogP contribution in [-0.2, 0) is 4.79 Å². The number of hydrogen-bond acceptors (Lipinski definition) is 4. The number of rotatable bonds is 5. The smallest absolute Gasteiger partial charge is 0.272 e. The molecular weight excluding hydrogens is 277 g/mol. The molecule has 0 spiro atoms. The summed E-state index contributed by atoms with van der Waals surface area (Å²) in [5.74, 6) is -0.587. The first-order valence-electron chi connectivity index (χ1n) is 7.01. The zero-order chi connectivity index (χ0) is 15.2. The Kier molecular flexibility index (Phi) is 5.21. The van der Waals surface area contributed by atoms with E-state index in [-0.39, 0.29) is 17.3 Å². The molecule has 1 fully saturated rings. The number of piperidine rings is 1. The van der Waals surface area contributed by atoms with Crippen molar-refractivity contribution >= 4 is 17.3 Å². The zero-order valence-electron chi connectivity index (χ0n) is 11.6. The number of nitro benzene ring substituents is 1. The van der Waals surface area contributed by atoms with Crippen LogP contribution in [-0.4, -0.2) is 23.9 Å². The molecule has 1 unspecified atom stereocenters. The highest BCUT2D eigenvalue weighted by Crippen LogP contribution is 2.21. The number of carbonyl (C=O) groups excluding carboxylic acids is 1. The van der Waals surface area contributed by atoms with E-state index in [1.165, 1.54) is 12.1 Å². The highest BCUT2D eigenvalue weighted by Gasteiger charge is 2.16. The van der Waals surface area contributed by atoms with Gasteiger partial charge >= 0.3 is 0 Å². The van der Waals surface area contributed by atoms with E-state index in [1.807, 2.05) is 0 Å². The van der Waals surface area contributed by atoms with Crippen molar-refractivity contribution in [1.82, 2.24) is 5.32 Å². The van der Waals surface area contributed by atoms with Crippen molar-refractivity contribution in [2.45, 2.75) is 25.7 Å². The van der Waals surface area contributed by atoms with Gasteiger partial charge in [-0.3, -0.25) is 14.9 Å². The fraction of sp³-hybridized carbons (Fsp3) is 0.500. The fourth-order valence-corrected chi connectivity index (χ4v) is 2.44. The molecule has 6 nitrogen and oxygen atoms in total. The lowest BCUT2D eigenvalue weighted by molar-refractivity contribution is -0.385. The van der Waals surface area contributed by atoms with Crippen LogP contribution in [0.2, 0.25) is 0 Å². The van der Waals surface area contributed by atoms with Crippen LogP contribution in [0.3, 0.4) is 0 Å². The molecule has 21 heavy (non-hydrogen) atoms. The van der Waals surface area contributed by atoms with Crippen LogP contribution >= 0.6 is 0 Å². The fourth-order valence-electron chi connectivity index (χ4n) is 2.44. The van der Waals surface area contributed by atoms with Crippen LogP contribution in [0.15, 0.2) is 18.2 Å². The van der Waals surface area contributed by atoms with Gasteiger partial charge in [0.15, 0.2) is 5.82 Å². The summed E-state index contributed by atoms with van der Waals surface area (Å²) in [6.07, 6.45) is 3.30. The van der Waals surface area contributed by atoms with E-state index in [9.17, 15) is 19.3 Å². The Morgan fingerprint density at radius 3 is 2.95 bits per heavy atom. The van der Waals surface area contributed by atoms with Gasteiger partial charge in [0, 0.05) is 12.5 Å². The van der Waals surface area contributed by atoms with Crippen LogP contribution in [0.5, 0.6) is 0 Å². The summed E-state index contributed by atoms with van der Waals surface area (Å²) in [6.45, 7) is 1.94. The van der Waals surface area contributed by atoms with Crippen LogP contribution in [0, 0.1) is 21.8 Å². The molecule has 7 heteroatoms. The van der Waals surface area contributed by atoms with Gasteiger partial charge < -0.3 is 10.6 Å². The summed E-state index contributed by atoms with van der Waals surface area (Å²) in [7, 11) is 0. The number of nitrogens with zero attached hydrogens (tertiary/aromatic N) is 1. The van der Waals surface area contributed by atoms with Crippen LogP contribution in [0.1, 0.15) is 25.7 Å². The van der Waals surface area contributed by atoms with E-state index in [0.717, 1.165) is 38.4 Å². The van der Waals surface area contributed by atoms with Crippen molar-refractivity contribution in [3.63, 3.8) is 0 Å². The quantitative estimate of drug-likeness (QED) is 0.645. The average Bonchev–Trinajstić information content (AvgIpc) is 2.48. The Bertz CT molecular complexity index is 530. The van der Waals surface area contributed by atoms with Crippen molar-refractivity contribution < 1.29 is 14.1 Å². The molecule has 0 aliphatic carbocycles. The predicted octanol–water partition coefficient (Wildman–Crippen LogP) is 2.45. The molecule has 0 aromatic heterocycles. The molecule has 0 bridgehead atoms. The molecule has 2 rings (SSSR count). The van der Waals surface area contributed by atoms with E-state index < -0.39 is 10.7 Å². The average molecular weight is 295 g/mol. The lowest BCUT2D eigenvalue weighted by Gasteiger charge is -2.22. The molecule has 1 aliphatic rings. The maximum Gasteiger partial charge on any atom is 0.272 e. The summed E-state index contributed by atoms with van der Waals surface area (Å²) >= 11 is 0. The standard InChI is InChI=1S/C14H18FN3O3/c15-12-8-11(18(20)21)4-5-13(12)17-14(19)6-3-10-2-1-7-16-9-10/h4-5,8,10,16H,1-3,6-7,9H2,(H,17,19). The number of halogens is 1. The van der Waals surface area contributed by atoms with E-state index in [1.54, 1.807) is 0 Å². The molecule has 114 valence electrons. The van der Waals surface area contributed by atoms with Gasteiger partial charge in [0.25, 0.3) is 5.69 Å². The number of amides is 1. The molecule has 1 aromatic carbocycles. The van der Waals surface area contributed by atoms with Crippen molar-refractivity contribution in [3.8, 4) is 0 Å². The number of carbonyl (C=O) groups is 1. The molecule has 1 amide bonds. The minimum Gasteiger partial charge on any atom is -0.324 e. The van der Waals surface area contributed by atoms with E-state index in [0.29, 0.717) is 12.3 Å². The number of anilines is 1. The van der Waals surface area contributed by atoms with E-state index in [2.05, 4.69) is 10.6 Å². The molecule has 1 aromatic rings. The van der Waals surface area contributed by atoms with Crippen LogP contribution in [0.25, 0.3) is 0 Å². The number of nitro groups is 1. The highest BCUT2D eigenvalue weighted by molar-refractivity contribution is 5.90. The third kappa shape index (κ3) is 4.49. The second-order valence-corrected chi connectivity index (χ2v) is 5.22. The Balaban J connectivity index is 1.85. The maximum absolute atomic E-state index is 13.6. The normalized spacial score (nSPS) is 18.2.